The molecule has 1 heterocycles. The molecule has 3 aromatic carbocycles. The number of rotatable bonds is 3. The van der Waals surface area contributed by atoms with Crippen molar-refractivity contribution in [1.82, 2.24) is 9.80 Å². The van der Waals surface area contributed by atoms with Crippen molar-refractivity contribution in [2.45, 2.75) is 0 Å². The minimum atomic E-state index is -0.0313. The Morgan fingerprint density at radius 2 is 1.43 bits per heavy atom. The van der Waals surface area contributed by atoms with E-state index in [4.69, 9.17) is 4.74 Å². The fourth-order valence-corrected chi connectivity index (χ4v) is 3.63. The molecule has 0 bridgehead atoms. The first-order valence-electron chi connectivity index (χ1n) is 9.38. The summed E-state index contributed by atoms with van der Waals surface area (Å²) in [7, 11) is 1.58. The second kappa shape index (κ2) is 7.72. The van der Waals surface area contributed by atoms with Crippen LogP contribution in [0, 0.1) is 0 Å². The molecule has 1 aliphatic rings. The number of piperazine rings is 1. The lowest BCUT2D eigenvalue weighted by molar-refractivity contribution is 0.0536. The predicted octanol–water partition coefficient (Wildman–Crippen LogP) is 3.45. The van der Waals surface area contributed by atoms with Crippen LogP contribution in [-0.4, -0.2) is 54.9 Å². The van der Waals surface area contributed by atoms with E-state index in [1.165, 1.54) is 0 Å². The van der Waals surface area contributed by atoms with Gasteiger partial charge in [0.15, 0.2) is 0 Å². The van der Waals surface area contributed by atoms with Gasteiger partial charge in [-0.3, -0.25) is 9.59 Å². The first kappa shape index (κ1) is 18.0. The molecular formula is C23H22N2O3. The second-order valence-corrected chi connectivity index (χ2v) is 6.84. The van der Waals surface area contributed by atoms with Crippen molar-refractivity contribution >= 4 is 22.6 Å². The Labute approximate surface area is 164 Å². The molecule has 1 aliphatic heterocycles. The van der Waals surface area contributed by atoms with Crippen molar-refractivity contribution in [3.63, 3.8) is 0 Å². The second-order valence-electron chi connectivity index (χ2n) is 6.84. The van der Waals surface area contributed by atoms with Gasteiger partial charge in [-0.25, -0.2) is 0 Å². The summed E-state index contributed by atoms with van der Waals surface area (Å²) in [5.74, 6) is 0.650. The van der Waals surface area contributed by atoms with Crippen LogP contribution in [0.2, 0.25) is 0 Å². The van der Waals surface area contributed by atoms with E-state index in [-0.39, 0.29) is 11.8 Å². The first-order chi connectivity index (χ1) is 13.7. The summed E-state index contributed by atoms with van der Waals surface area (Å²) in [5, 5.41) is 2.02. The van der Waals surface area contributed by atoms with E-state index < -0.39 is 0 Å². The van der Waals surface area contributed by atoms with Crippen molar-refractivity contribution in [2.24, 2.45) is 0 Å². The molecule has 142 valence electrons. The number of amides is 2. The Balaban J connectivity index is 1.46. The van der Waals surface area contributed by atoms with Gasteiger partial charge in [-0.15, -0.1) is 0 Å². The third-order valence-corrected chi connectivity index (χ3v) is 5.19. The van der Waals surface area contributed by atoms with E-state index in [0.717, 1.165) is 10.8 Å². The smallest absolute Gasteiger partial charge is 0.254 e. The van der Waals surface area contributed by atoms with E-state index >= 15 is 0 Å². The monoisotopic (exact) mass is 374 g/mol. The minimum absolute atomic E-state index is 0.0188. The average Bonchev–Trinajstić information content (AvgIpc) is 2.78. The number of nitrogens with zero attached hydrogens (tertiary/aromatic N) is 2. The Bertz CT molecular complexity index is 1020. The van der Waals surface area contributed by atoms with Crippen LogP contribution in [0.25, 0.3) is 10.8 Å². The zero-order valence-corrected chi connectivity index (χ0v) is 15.8. The summed E-state index contributed by atoms with van der Waals surface area (Å²) in [6.45, 7) is 2.09. The lowest BCUT2D eigenvalue weighted by Gasteiger charge is -2.35. The molecule has 0 saturated carbocycles. The highest BCUT2D eigenvalue weighted by molar-refractivity contribution is 6.07. The molecule has 3 aromatic rings. The highest BCUT2D eigenvalue weighted by Gasteiger charge is 2.26. The number of hydrogen-bond acceptors (Lipinski definition) is 3. The SMILES string of the molecule is COc1cccc(C(=O)N2CCN(C(=O)c3cccc4ccccc34)CC2)c1. The Kier molecular flexibility index (Phi) is 4.98. The molecule has 1 fully saturated rings. The van der Waals surface area contributed by atoms with E-state index in [9.17, 15) is 9.59 Å². The molecule has 0 atom stereocenters. The zero-order chi connectivity index (χ0) is 19.5. The Hall–Kier alpha value is -3.34. The van der Waals surface area contributed by atoms with Gasteiger partial charge in [-0.05, 0) is 35.0 Å². The molecule has 2 amide bonds. The highest BCUT2D eigenvalue weighted by Crippen LogP contribution is 2.21. The van der Waals surface area contributed by atoms with E-state index in [0.29, 0.717) is 43.1 Å². The summed E-state index contributed by atoms with van der Waals surface area (Å²) >= 11 is 0. The molecule has 5 nitrogen and oxygen atoms in total. The molecule has 0 radical (unpaired) electrons. The molecule has 0 spiro atoms. The normalized spacial score (nSPS) is 14.2. The Morgan fingerprint density at radius 1 is 0.786 bits per heavy atom. The van der Waals surface area contributed by atoms with Gasteiger partial charge in [0.1, 0.15) is 5.75 Å². The summed E-state index contributed by atoms with van der Waals surface area (Å²) in [4.78, 5) is 29.4. The number of methoxy groups -OCH3 is 1. The maximum absolute atomic E-state index is 13.0. The van der Waals surface area contributed by atoms with Gasteiger partial charge in [-0.1, -0.05) is 42.5 Å². The third kappa shape index (κ3) is 3.43. The summed E-state index contributed by atoms with van der Waals surface area (Å²) < 4.78 is 5.20. The van der Waals surface area contributed by atoms with E-state index in [2.05, 4.69) is 0 Å². The van der Waals surface area contributed by atoms with Crippen LogP contribution in [0.5, 0.6) is 5.75 Å². The minimum Gasteiger partial charge on any atom is -0.497 e. The van der Waals surface area contributed by atoms with Gasteiger partial charge >= 0.3 is 0 Å². The van der Waals surface area contributed by atoms with E-state index in [1.54, 1.807) is 24.1 Å². The highest BCUT2D eigenvalue weighted by atomic mass is 16.5. The van der Waals surface area contributed by atoms with E-state index in [1.807, 2.05) is 59.5 Å². The summed E-state index contributed by atoms with van der Waals surface area (Å²) in [5.41, 5.74) is 1.32. The van der Waals surface area contributed by atoms with Crippen molar-refractivity contribution in [1.29, 1.82) is 0 Å². The van der Waals surface area contributed by atoms with Crippen molar-refractivity contribution in [3.05, 3.63) is 77.9 Å². The average molecular weight is 374 g/mol. The number of benzene rings is 3. The predicted molar refractivity (Wildman–Crippen MR) is 109 cm³/mol. The maximum Gasteiger partial charge on any atom is 0.254 e. The molecule has 28 heavy (non-hydrogen) atoms. The quantitative estimate of drug-likeness (QED) is 0.706. The third-order valence-electron chi connectivity index (χ3n) is 5.19. The molecule has 0 aromatic heterocycles. The van der Waals surface area contributed by atoms with Gasteiger partial charge in [-0.2, -0.15) is 0 Å². The number of carbonyl (C=O) groups excluding carboxylic acids is 2. The Morgan fingerprint density at radius 3 is 2.18 bits per heavy atom. The fourth-order valence-electron chi connectivity index (χ4n) is 3.63. The molecule has 1 saturated heterocycles. The molecule has 0 aliphatic carbocycles. The van der Waals surface area contributed by atoms with Crippen LogP contribution in [0.1, 0.15) is 20.7 Å². The van der Waals surface area contributed by atoms with Crippen LogP contribution in [0.4, 0.5) is 0 Å². The number of ether oxygens (including phenoxy) is 1. The van der Waals surface area contributed by atoms with Crippen LogP contribution < -0.4 is 4.74 Å². The molecule has 5 heteroatoms. The largest absolute Gasteiger partial charge is 0.497 e. The number of hydrogen-bond donors (Lipinski definition) is 0. The fraction of sp³-hybridized carbons (Fsp3) is 0.217. The molecule has 0 unspecified atom stereocenters. The van der Waals surface area contributed by atoms with Gasteiger partial charge in [0.2, 0.25) is 0 Å². The molecule has 4 rings (SSSR count). The number of fused-ring (bicyclic) bond motifs is 1. The summed E-state index contributed by atoms with van der Waals surface area (Å²) in [6, 6.07) is 20.9. The maximum atomic E-state index is 13.0. The van der Waals surface area contributed by atoms with Crippen LogP contribution >= 0.6 is 0 Å². The topological polar surface area (TPSA) is 49.9 Å². The van der Waals surface area contributed by atoms with Crippen molar-refractivity contribution < 1.29 is 14.3 Å². The summed E-state index contributed by atoms with van der Waals surface area (Å²) in [6.07, 6.45) is 0. The van der Waals surface area contributed by atoms with Gasteiger partial charge in [0, 0.05) is 37.3 Å². The van der Waals surface area contributed by atoms with Crippen LogP contribution in [0.3, 0.4) is 0 Å². The first-order valence-corrected chi connectivity index (χ1v) is 9.38. The lowest BCUT2D eigenvalue weighted by atomic mass is 10.0. The molecular weight excluding hydrogens is 352 g/mol. The number of carbonyl (C=O) groups is 2. The molecule has 0 N–H and O–H groups in total. The van der Waals surface area contributed by atoms with Crippen molar-refractivity contribution in [2.75, 3.05) is 33.3 Å². The van der Waals surface area contributed by atoms with Crippen LogP contribution in [-0.2, 0) is 0 Å². The van der Waals surface area contributed by atoms with Gasteiger partial charge in [0.05, 0.1) is 7.11 Å². The van der Waals surface area contributed by atoms with Gasteiger partial charge in [0.25, 0.3) is 11.8 Å². The van der Waals surface area contributed by atoms with Crippen LogP contribution in [0.15, 0.2) is 66.7 Å². The standard InChI is InChI=1S/C23H22N2O3/c1-28-19-9-4-8-18(16-19)22(26)24-12-14-25(15-13-24)23(27)21-11-5-7-17-6-2-3-10-20(17)21/h2-11,16H,12-15H2,1H3. The zero-order valence-electron chi connectivity index (χ0n) is 15.8. The lowest BCUT2D eigenvalue weighted by Crippen LogP contribution is -2.50. The van der Waals surface area contributed by atoms with Crippen molar-refractivity contribution in [3.8, 4) is 5.75 Å². The van der Waals surface area contributed by atoms with Gasteiger partial charge < -0.3 is 14.5 Å².